The fourth-order valence-electron chi connectivity index (χ4n) is 1.94. The third-order valence-corrected chi connectivity index (χ3v) is 3.46. The first-order chi connectivity index (χ1) is 10.2. The molecule has 1 atom stereocenters. The molecule has 0 fully saturated rings. The van der Waals surface area contributed by atoms with Crippen LogP contribution in [0.25, 0.3) is 0 Å². The molecule has 1 N–H and O–H groups in total. The van der Waals surface area contributed by atoms with Crippen molar-refractivity contribution in [2.45, 2.75) is 52.7 Å². The zero-order valence-corrected chi connectivity index (χ0v) is 16.1. The van der Waals surface area contributed by atoms with Crippen molar-refractivity contribution in [1.29, 1.82) is 0 Å². The number of rotatable bonds is 6. The fourth-order valence-corrected chi connectivity index (χ4v) is 2.30. The smallest absolute Gasteiger partial charge is 0.407 e. The highest BCUT2D eigenvalue weighted by molar-refractivity contribution is 14.1. The molecule has 0 saturated heterocycles. The van der Waals surface area contributed by atoms with E-state index in [2.05, 4.69) is 41.8 Å². The molecule has 22 heavy (non-hydrogen) atoms. The van der Waals surface area contributed by atoms with Crippen LogP contribution in [-0.4, -0.2) is 24.3 Å². The lowest BCUT2D eigenvalue weighted by molar-refractivity contribution is 0.0480. The molecule has 4 nitrogen and oxygen atoms in total. The van der Waals surface area contributed by atoms with E-state index in [1.807, 2.05) is 45.0 Å². The van der Waals surface area contributed by atoms with E-state index >= 15 is 0 Å². The molecule has 0 aliphatic carbocycles. The maximum Gasteiger partial charge on any atom is 0.407 e. The van der Waals surface area contributed by atoms with Crippen molar-refractivity contribution < 1.29 is 14.3 Å². The number of benzene rings is 1. The van der Waals surface area contributed by atoms with E-state index in [1.165, 1.54) is 0 Å². The van der Waals surface area contributed by atoms with Gasteiger partial charge in [-0.1, -0.05) is 13.8 Å². The van der Waals surface area contributed by atoms with Gasteiger partial charge in [0.2, 0.25) is 0 Å². The SMILES string of the molecule is CC(C)C[C@@H](COc1ccc(I)cc1)NC(=O)OC(C)(C)C. The van der Waals surface area contributed by atoms with Crippen molar-refractivity contribution in [2.75, 3.05) is 6.61 Å². The monoisotopic (exact) mass is 419 g/mol. The molecule has 0 spiro atoms. The average molecular weight is 419 g/mol. The number of hydrogen-bond donors (Lipinski definition) is 1. The number of alkyl carbamates (subject to hydrolysis) is 1. The Morgan fingerprint density at radius 3 is 2.32 bits per heavy atom. The van der Waals surface area contributed by atoms with Crippen LogP contribution in [0.4, 0.5) is 4.79 Å². The van der Waals surface area contributed by atoms with Gasteiger partial charge >= 0.3 is 6.09 Å². The second-order valence-electron chi connectivity index (χ2n) is 6.74. The normalized spacial score (nSPS) is 12.9. The van der Waals surface area contributed by atoms with Crippen LogP contribution in [0.3, 0.4) is 0 Å². The summed E-state index contributed by atoms with van der Waals surface area (Å²) in [5, 5.41) is 2.90. The second-order valence-corrected chi connectivity index (χ2v) is 7.98. The molecule has 0 heterocycles. The molecule has 0 saturated carbocycles. The first-order valence-electron chi connectivity index (χ1n) is 7.53. The Morgan fingerprint density at radius 1 is 1.23 bits per heavy atom. The summed E-state index contributed by atoms with van der Waals surface area (Å²) in [7, 11) is 0. The number of amides is 1. The highest BCUT2D eigenvalue weighted by Crippen LogP contribution is 2.15. The molecule has 1 aromatic rings. The third kappa shape index (κ3) is 8.46. The van der Waals surface area contributed by atoms with Crippen molar-refractivity contribution >= 4 is 28.7 Å². The van der Waals surface area contributed by atoms with Crippen molar-refractivity contribution in [3.63, 3.8) is 0 Å². The van der Waals surface area contributed by atoms with Gasteiger partial charge < -0.3 is 14.8 Å². The van der Waals surface area contributed by atoms with Gasteiger partial charge in [-0.05, 0) is 80.0 Å². The molecule has 0 aromatic heterocycles. The summed E-state index contributed by atoms with van der Waals surface area (Å²) in [5.41, 5.74) is -0.497. The van der Waals surface area contributed by atoms with Crippen LogP contribution >= 0.6 is 22.6 Å². The minimum atomic E-state index is -0.497. The number of ether oxygens (including phenoxy) is 2. The highest BCUT2D eigenvalue weighted by atomic mass is 127. The predicted molar refractivity (Wildman–Crippen MR) is 97.3 cm³/mol. The van der Waals surface area contributed by atoms with Crippen LogP contribution in [0.2, 0.25) is 0 Å². The molecule has 0 aliphatic heterocycles. The van der Waals surface area contributed by atoms with Gasteiger partial charge in [0.25, 0.3) is 0 Å². The van der Waals surface area contributed by atoms with Gasteiger partial charge in [-0.2, -0.15) is 0 Å². The van der Waals surface area contributed by atoms with Crippen LogP contribution in [0.15, 0.2) is 24.3 Å². The molecule has 0 radical (unpaired) electrons. The lowest BCUT2D eigenvalue weighted by Crippen LogP contribution is -2.42. The molecular weight excluding hydrogens is 393 g/mol. The van der Waals surface area contributed by atoms with Gasteiger partial charge in [0, 0.05) is 3.57 Å². The number of carbonyl (C=O) groups excluding carboxylic acids is 1. The minimum Gasteiger partial charge on any atom is -0.491 e. The quantitative estimate of drug-likeness (QED) is 0.686. The van der Waals surface area contributed by atoms with Crippen LogP contribution in [-0.2, 0) is 4.74 Å². The Labute approximate surface area is 147 Å². The van der Waals surface area contributed by atoms with Crippen LogP contribution in [0, 0.1) is 9.49 Å². The van der Waals surface area contributed by atoms with E-state index in [-0.39, 0.29) is 6.04 Å². The fraction of sp³-hybridized carbons (Fsp3) is 0.588. The number of hydrogen-bond acceptors (Lipinski definition) is 3. The van der Waals surface area contributed by atoms with Gasteiger partial charge in [0.05, 0.1) is 6.04 Å². The predicted octanol–water partition coefficient (Wildman–Crippen LogP) is 4.61. The molecule has 124 valence electrons. The summed E-state index contributed by atoms with van der Waals surface area (Å²) in [5.74, 6) is 1.26. The van der Waals surface area contributed by atoms with Crippen molar-refractivity contribution in [3.05, 3.63) is 27.8 Å². The first-order valence-corrected chi connectivity index (χ1v) is 8.61. The summed E-state index contributed by atoms with van der Waals surface area (Å²) in [6.45, 7) is 10.2. The van der Waals surface area contributed by atoms with Crippen LogP contribution < -0.4 is 10.1 Å². The van der Waals surface area contributed by atoms with Crippen LogP contribution in [0.5, 0.6) is 5.75 Å². The van der Waals surface area contributed by atoms with E-state index in [0.717, 1.165) is 15.7 Å². The van der Waals surface area contributed by atoms with Crippen molar-refractivity contribution in [1.82, 2.24) is 5.32 Å². The van der Waals surface area contributed by atoms with E-state index in [0.29, 0.717) is 12.5 Å². The summed E-state index contributed by atoms with van der Waals surface area (Å²) in [6.07, 6.45) is 0.438. The lowest BCUT2D eigenvalue weighted by atomic mass is 10.0. The molecule has 0 bridgehead atoms. The largest absolute Gasteiger partial charge is 0.491 e. The summed E-state index contributed by atoms with van der Waals surface area (Å²) < 4.78 is 12.3. The van der Waals surface area contributed by atoms with Gasteiger partial charge in [-0.25, -0.2) is 4.79 Å². The molecule has 1 aromatic carbocycles. The Hall–Kier alpha value is -0.980. The van der Waals surface area contributed by atoms with Gasteiger partial charge in [-0.15, -0.1) is 0 Å². The third-order valence-electron chi connectivity index (χ3n) is 2.74. The van der Waals surface area contributed by atoms with Crippen LogP contribution in [0.1, 0.15) is 41.0 Å². The van der Waals surface area contributed by atoms with E-state index in [9.17, 15) is 4.79 Å². The second kappa shape index (κ2) is 8.60. The van der Waals surface area contributed by atoms with E-state index in [1.54, 1.807) is 0 Å². The summed E-state index contributed by atoms with van der Waals surface area (Å²) in [4.78, 5) is 11.9. The maximum atomic E-state index is 11.9. The zero-order valence-electron chi connectivity index (χ0n) is 14.0. The Kier molecular flexibility index (Phi) is 7.45. The molecule has 0 aliphatic rings. The zero-order chi connectivity index (χ0) is 16.8. The average Bonchev–Trinajstić information content (AvgIpc) is 2.34. The van der Waals surface area contributed by atoms with E-state index in [4.69, 9.17) is 9.47 Å². The molecule has 1 rings (SSSR count). The molecule has 0 unspecified atom stereocenters. The Morgan fingerprint density at radius 2 is 1.82 bits per heavy atom. The van der Waals surface area contributed by atoms with Gasteiger partial charge in [0.1, 0.15) is 18.0 Å². The maximum absolute atomic E-state index is 11.9. The van der Waals surface area contributed by atoms with Gasteiger partial charge in [0.15, 0.2) is 0 Å². The highest BCUT2D eigenvalue weighted by Gasteiger charge is 2.20. The summed E-state index contributed by atoms with van der Waals surface area (Å²) >= 11 is 2.25. The Balaban J connectivity index is 2.56. The lowest BCUT2D eigenvalue weighted by Gasteiger charge is -2.24. The van der Waals surface area contributed by atoms with Crippen molar-refractivity contribution in [2.24, 2.45) is 5.92 Å². The molecule has 5 heteroatoms. The van der Waals surface area contributed by atoms with Crippen molar-refractivity contribution in [3.8, 4) is 5.75 Å². The molecular formula is C17H26INO3. The van der Waals surface area contributed by atoms with Gasteiger partial charge in [-0.3, -0.25) is 0 Å². The Bertz CT molecular complexity index is 466. The van der Waals surface area contributed by atoms with E-state index < -0.39 is 11.7 Å². The standard InChI is InChI=1S/C17H26INO3/c1-12(2)10-14(19-16(20)22-17(3,4)5)11-21-15-8-6-13(18)7-9-15/h6-9,12,14H,10-11H2,1-5H3,(H,19,20)/t14-/m0/s1. The number of nitrogens with one attached hydrogen (secondary N) is 1. The number of halogens is 1. The number of carbonyl (C=O) groups is 1. The topological polar surface area (TPSA) is 47.6 Å². The summed E-state index contributed by atoms with van der Waals surface area (Å²) in [6, 6.07) is 7.78. The first kappa shape index (κ1) is 19.1. The molecule has 1 amide bonds. The minimum absolute atomic E-state index is 0.0749.